The average molecular weight is 291 g/mol. The third kappa shape index (κ3) is 6.96. The number of nitrogens with zero attached hydrogens (tertiary/aromatic N) is 1. The first-order valence-corrected chi connectivity index (χ1v) is 8.42. The SMILES string of the molecule is CCCCCCCCCC(NN)c1cccc(N(C)C)c1. The zero-order chi connectivity index (χ0) is 15.5. The fraction of sp³-hybridized carbons (Fsp3) is 0.667. The lowest BCUT2D eigenvalue weighted by molar-refractivity contribution is 0.476. The number of rotatable bonds is 11. The van der Waals surface area contributed by atoms with Gasteiger partial charge in [-0.25, -0.2) is 0 Å². The standard InChI is InChI=1S/C18H33N3/c1-4-5-6-7-8-9-10-14-18(20-19)16-12-11-13-17(15-16)21(2)3/h11-13,15,18,20H,4-10,14,19H2,1-3H3. The van der Waals surface area contributed by atoms with E-state index in [0.29, 0.717) is 0 Å². The average Bonchev–Trinajstić information content (AvgIpc) is 2.50. The Balaban J connectivity index is 2.35. The van der Waals surface area contributed by atoms with Gasteiger partial charge in [0.15, 0.2) is 0 Å². The minimum Gasteiger partial charge on any atom is -0.378 e. The molecule has 21 heavy (non-hydrogen) atoms. The summed E-state index contributed by atoms with van der Waals surface area (Å²) < 4.78 is 0. The molecule has 1 aromatic carbocycles. The molecule has 0 saturated carbocycles. The van der Waals surface area contributed by atoms with Crippen LogP contribution >= 0.6 is 0 Å². The third-order valence-corrected chi connectivity index (χ3v) is 4.09. The van der Waals surface area contributed by atoms with Crippen molar-refractivity contribution in [1.29, 1.82) is 0 Å². The highest BCUT2D eigenvalue weighted by molar-refractivity contribution is 5.47. The maximum absolute atomic E-state index is 5.75. The Morgan fingerprint density at radius 1 is 1.05 bits per heavy atom. The third-order valence-electron chi connectivity index (χ3n) is 4.09. The smallest absolute Gasteiger partial charge is 0.0460 e. The van der Waals surface area contributed by atoms with Crippen LogP contribution in [0.3, 0.4) is 0 Å². The summed E-state index contributed by atoms with van der Waals surface area (Å²) in [6, 6.07) is 8.90. The first-order valence-electron chi connectivity index (χ1n) is 8.42. The fourth-order valence-electron chi connectivity index (χ4n) is 2.67. The molecule has 0 aliphatic heterocycles. The molecule has 0 radical (unpaired) electrons. The summed E-state index contributed by atoms with van der Waals surface area (Å²) in [5.41, 5.74) is 5.49. The van der Waals surface area contributed by atoms with Crippen LogP contribution in [0, 0.1) is 0 Å². The van der Waals surface area contributed by atoms with Crippen LogP contribution in [0.1, 0.15) is 69.9 Å². The van der Waals surface area contributed by atoms with Gasteiger partial charge in [-0.2, -0.15) is 0 Å². The lowest BCUT2D eigenvalue weighted by atomic mass is 9.99. The van der Waals surface area contributed by atoms with E-state index in [4.69, 9.17) is 5.84 Å². The largest absolute Gasteiger partial charge is 0.378 e. The van der Waals surface area contributed by atoms with Crippen molar-refractivity contribution in [1.82, 2.24) is 5.43 Å². The molecule has 0 amide bonds. The molecule has 3 heteroatoms. The first kappa shape index (κ1) is 18.0. The predicted molar refractivity (Wildman–Crippen MR) is 93.4 cm³/mol. The van der Waals surface area contributed by atoms with E-state index in [1.165, 1.54) is 56.2 Å². The summed E-state index contributed by atoms with van der Waals surface area (Å²) in [6.07, 6.45) is 10.5. The van der Waals surface area contributed by atoms with Crippen LogP contribution in [0.2, 0.25) is 0 Å². The molecule has 0 saturated heterocycles. The normalized spacial score (nSPS) is 12.4. The molecule has 3 N–H and O–H groups in total. The molecular formula is C18H33N3. The molecule has 0 aromatic heterocycles. The second-order valence-electron chi connectivity index (χ2n) is 6.12. The highest BCUT2D eigenvalue weighted by Crippen LogP contribution is 2.23. The Kier molecular flexibility index (Phi) is 9.11. The molecule has 0 heterocycles. The zero-order valence-electron chi connectivity index (χ0n) is 14.1. The molecule has 1 atom stereocenters. The molecule has 3 nitrogen and oxygen atoms in total. The molecule has 0 aliphatic carbocycles. The molecule has 0 bridgehead atoms. The molecule has 120 valence electrons. The number of nitrogens with one attached hydrogen (secondary N) is 1. The highest BCUT2D eigenvalue weighted by Gasteiger charge is 2.10. The van der Waals surface area contributed by atoms with Crippen molar-refractivity contribution >= 4 is 5.69 Å². The van der Waals surface area contributed by atoms with Gasteiger partial charge in [0.05, 0.1) is 0 Å². The van der Waals surface area contributed by atoms with Crippen LogP contribution in [-0.4, -0.2) is 14.1 Å². The topological polar surface area (TPSA) is 41.3 Å². The molecule has 1 unspecified atom stereocenters. The van der Waals surface area contributed by atoms with Crippen molar-refractivity contribution in [3.05, 3.63) is 29.8 Å². The maximum atomic E-state index is 5.75. The number of unbranched alkanes of at least 4 members (excludes halogenated alkanes) is 6. The predicted octanol–water partition coefficient (Wildman–Crippen LogP) is 4.40. The molecule has 0 aliphatic rings. The summed E-state index contributed by atoms with van der Waals surface area (Å²) in [6.45, 7) is 2.26. The van der Waals surface area contributed by atoms with E-state index in [-0.39, 0.29) is 6.04 Å². The fourth-order valence-corrected chi connectivity index (χ4v) is 2.67. The van der Waals surface area contributed by atoms with Crippen molar-refractivity contribution in [3.63, 3.8) is 0 Å². The summed E-state index contributed by atoms with van der Waals surface area (Å²) in [4.78, 5) is 2.13. The lowest BCUT2D eigenvalue weighted by Crippen LogP contribution is -2.28. The van der Waals surface area contributed by atoms with Gasteiger partial charge >= 0.3 is 0 Å². The van der Waals surface area contributed by atoms with Gasteiger partial charge < -0.3 is 4.90 Å². The molecule has 1 rings (SSSR count). The number of hydrogen-bond donors (Lipinski definition) is 2. The van der Waals surface area contributed by atoms with Crippen LogP contribution < -0.4 is 16.2 Å². The number of hydrogen-bond acceptors (Lipinski definition) is 3. The van der Waals surface area contributed by atoms with E-state index in [2.05, 4.69) is 55.6 Å². The van der Waals surface area contributed by atoms with Crippen molar-refractivity contribution < 1.29 is 0 Å². The van der Waals surface area contributed by atoms with Crippen molar-refractivity contribution in [2.45, 2.75) is 64.3 Å². The van der Waals surface area contributed by atoms with Gasteiger partial charge in [0.25, 0.3) is 0 Å². The number of hydrazine groups is 1. The zero-order valence-corrected chi connectivity index (χ0v) is 14.1. The van der Waals surface area contributed by atoms with E-state index in [0.717, 1.165) is 6.42 Å². The van der Waals surface area contributed by atoms with E-state index in [9.17, 15) is 0 Å². The summed E-state index contributed by atoms with van der Waals surface area (Å²) >= 11 is 0. The number of benzene rings is 1. The second kappa shape index (κ2) is 10.6. The van der Waals surface area contributed by atoms with Crippen LogP contribution in [0.5, 0.6) is 0 Å². The van der Waals surface area contributed by atoms with Crippen LogP contribution in [0.25, 0.3) is 0 Å². The number of anilines is 1. The van der Waals surface area contributed by atoms with Crippen molar-refractivity contribution in [2.24, 2.45) is 5.84 Å². The van der Waals surface area contributed by atoms with E-state index in [1.54, 1.807) is 0 Å². The minimum absolute atomic E-state index is 0.264. The van der Waals surface area contributed by atoms with Crippen molar-refractivity contribution in [2.75, 3.05) is 19.0 Å². The van der Waals surface area contributed by atoms with Crippen molar-refractivity contribution in [3.8, 4) is 0 Å². The van der Waals surface area contributed by atoms with E-state index >= 15 is 0 Å². The Labute approximate surface area is 130 Å². The van der Waals surface area contributed by atoms with Crippen LogP contribution in [0.15, 0.2) is 24.3 Å². The van der Waals surface area contributed by atoms with Gasteiger partial charge in [0.2, 0.25) is 0 Å². The monoisotopic (exact) mass is 291 g/mol. The first-order chi connectivity index (χ1) is 10.2. The maximum Gasteiger partial charge on any atom is 0.0460 e. The van der Waals surface area contributed by atoms with Gasteiger partial charge in [-0.1, -0.05) is 64.0 Å². The Morgan fingerprint density at radius 3 is 2.33 bits per heavy atom. The van der Waals surface area contributed by atoms with E-state index in [1.807, 2.05) is 0 Å². The van der Waals surface area contributed by atoms with Gasteiger partial charge in [-0.3, -0.25) is 11.3 Å². The summed E-state index contributed by atoms with van der Waals surface area (Å²) in [5.74, 6) is 5.75. The van der Waals surface area contributed by atoms with Crippen LogP contribution in [-0.2, 0) is 0 Å². The van der Waals surface area contributed by atoms with Gasteiger partial charge in [-0.15, -0.1) is 0 Å². The quantitative estimate of drug-likeness (QED) is 0.361. The Hall–Kier alpha value is -1.06. The minimum atomic E-state index is 0.264. The van der Waals surface area contributed by atoms with E-state index < -0.39 is 0 Å². The lowest BCUT2D eigenvalue weighted by Gasteiger charge is -2.19. The Morgan fingerprint density at radius 2 is 1.71 bits per heavy atom. The van der Waals surface area contributed by atoms with Crippen LogP contribution in [0.4, 0.5) is 5.69 Å². The summed E-state index contributed by atoms with van der Waals surface area (Å²) in [5, 5.41) is 0. The summed E-state index contributed by atoms with van der Waals surface area (Å²) in [7, 11) is 4.14. The highest BCUT2D eigenvalue weighted by atomic mass is 15.2. The second-order valence-corrected chi connectivity index (χ2v) is 6.12. The molecule has 1 aromatic rings. The van der Waals surface area contributed by atoms with Gasteiger partial charge in [-0.05, 0) is 24.1 Å². The number of nitrogens with two attached hydrogens (primary N) is 1. The van der Waals surface area contributed by atoms with Gasteiger partial charge in [0, 0.05) is 25.8 Å². The molecule has 0 spiro atoms. The molecular weight excluding hydrogens is 258 g/mol. The van der Waals surface area contributed by atoms with Gasteiger partial charge in [0.1, 0.15) is 0 Å². The Bertz CT molecular complexity index is 376. The molecule has 0 fully saturated rings.